The number of benzene rings is 1. The molecule has 2 aliphatic rings. The molecule has 1 atom stereocenters. The van der Waals surface area contributed by atoms with Crippen LogP contribution in [-0.4, -0.2) is 29.3 Å². The van der Waals surface area contributed by atoms with Gasteiger partial charge in [-0.05, 0) is 35.4 Å². The number of fused-ring (bicyclic) bond motifs is 2. The van der Waals surface area contributed by atoms with Crippen LogP contribution in [0.4, 0.5) is 9.80 Å². The minimum absolute atomic E-state index is 0.349. The summed E-state index contributed by atoms with van der Waals surface area (Å²) < 4.78 is 0. The van der Waals surface area contributed by atoms with Crippen LogP contribution >= 0.6 is 11.3 Å². The molecule has 7 nitrogen and oxygen atoms in total. The maximum atomic E-state index is 13.0. The fourth-order valence-corrected chi connectivity index (χ4v) is 4.29. The van der Waals surface area contributed by atoms with Crippen molar-refractivity contribution in [2.45, 2.75) is 18.4 Å². The highest BCUT2D eigenvalue weighted by atomic mass is 32.1. The van der Waals surface area contributed by atoms with E-state index in [0.29, 0.717) is 23.4 Å². The number of anilines is 1. The SMILES string of the molecule is N#Cc1ccsc1NC(=O)CN1C(=O)N[C@@]2(CCc3ccccc32)C1=O. The Labute approximate surface area is 153 Å². The van der Waals surface area contributed by atoms with Crippen LogP contribution in [0.25, 0.3) is 0 Å². The van der Waals surface area contributed by atoms with Gasteiger partial charge in [-0.3, -0.25) is 14.5 Å². The van der Waals surface area contributed by atoms with Crippen LogP contribution in [0.5, 0.6) is 0 Å². The van der Waals surface area contributed by atoms with Gasteiger partial charge in [0.2, 0.25) is 5.91 Å². The number of hydrogen-bond donors (Lipinski definition) is 2. The zero-order chi connectivity index (χ0) is 18.3. The van der Waals surface area contributed by atoms with Gasteiger partial charge < -0.3 is 10.6 Å². The average Bonchev–Trinajstić information content (AvgIpc) is 3.30. The number of hydrogen-bond acceptors (Lipinski definition) is 5. The maximum Gasteiger partial charge on any atom is 0.325 e. The van der Waals surface area contributed by atoms with E-state index in [9.17, 15) is 14.4 Å². The van der Waals surface area contributed by atoms with Crippen molar-refractivity contribution < 1.29 is 14.4 Å². The molecule has 1 fully saturated rings. The van der Waals surface area contributed by atoms with E-state index >= 15 is 0 Å². The van der Waals surface area contributed by atoms with E-state index in [0.717, 1.165) is 16.0 Å². The molecular formula is C18H14N4O3S. The lowest BCUT2D eigenvalue weighted by atomic mass is 9.92. The molecule has 2 heterocycles. The van der Waals surface area contributed by atoms with Gasteiger partial charge in [0.1, 0.15) is 23.2 Å². The summed E-state index contributed by atoms with van der Waals surface area (Å²) in [5.41, 5.74) is 1.10. The predicted octanol–water partition coefficient (Wildman–Crippen LogP) is 1.95. The third-order valence-corrected chi connectivity index (χ3v) is 5.59. The average molecular weight is 366 g/mol. The third kappa shape index (κ3) is 2.36. The number of carbonyl (C=O) groups excluding carboxylic acids is 3. The Morgan fingerprint density at radius 3 is 2.96 bits per heavy atom. The summed E-state index contributed by atoms with van der Waals surface area (Å²) in [7, 11) is 0. The quantitative estimate of drug-likeness (QED) is 0.811. The number of urea groups is 1. The van der Waals surface area contributed by atoms with Gasteiger partial charge in [-0.25, -0.2) is 4.79 Å². The second-order valence-electron chi connectivity index (χ2n) is 6.21. The van der Waals surface area contributed by atoms with Crippen LogP contribution in [0, 0.1) is 11.3 Å². The van der Waals surface area contributed by atoms with Crippen molar-refractivity contribution in [1.29, 1.82) is 5.26 Å². The van der Waals surface area contributed by atoms with Crippen LogP contribution in [0.3, 0.4) is 0 Å². The normalized spacial score (nSPS) is 20.8. The number of nitrogens with zero attached hydrogens (tertiary/aromatic N) is 2. The van der Waals surface area contributed by atoms with E-state index in [1.165, 1.54) is 11.3 Å². The van der Waals surface area contributed by atoms with Gasteiger partial charge in [-0.2, -0.15) is 5.26 Å². The van der Waals surface area contributed by atoms with Crippen molar-refractivity contribution >= 4 is 34.2 Å². The summed E-state index contributed by atoms with van der Waals surface area (Å²) >= 11 is 1.21. The molecule has 4 rings (SSSR count). The van der Waals surface area contributed by atoms with Gasteiger partial charge in [0.05, 0.1) is 5.56 Å². The Morgan fingerprint density at radius 1 is 1.35 bits per heavy atom. The Bertz CT molecular complexity index is 977. The zero-order valence-electron chi connectivity index (χ0n) is 13.6. The molecule has 1 aliphatic heterocycles. The molecule has 1 spiro atoms. The fourth-order valence-electron chi connectivity index (χ4n) is 3.54. The highest BCUT2D eigenvalue weighted by molar-refractivity contribution is 7.14. The molecule has 0 bridgehead atoms. The number of nitriles is 1. The van der Waals surface area contributed by atoms with Crippen molar-refractivity contribution in [3.63, 3.8) is 0 Å². The third-order valence-electron chi connectivity index (χ3n) is 4.76. The second kappa shape index (κ2) is 5.97. The monoisotopic (exact) mass is 366 g/mol. The minimum Gasteiger partial charge on any atom is -0.319 e. The minimum atomic E-state index is -1.07. The summed E-state index contributed by atoms with van der Waals surface area (Å²) in [6, 6.07) is 10.5. The first-order valence-corrected chi connectivity index (χ1v) is 8.93. The molecule has 1 aromatic heterocycles. The lowest BCUT2D eigenvalue weighted by Crippen LogP contribution is -2.42. The second-order valence-corrected chi connectivity index (χ2v) is 7.12. The van der Waals surface area contributed by atoms with Crippen molar-refractivity contribution in [3.05, 3.63) is 52.4 Å². The Kier molecular flexibility index (Phi) is 3.74. The molecule has 2 aromatic rings. The van der Waals surface area contributed by atoms with E-state index in [1.54, 1.807) is 11.4 Å². The molecule has 1 aliphatic carbocycles. The number of carbonyl (C=O) groups is 3. The van der Waals surface area contributed by atoms with Crippen molar-refractivity contribution in [1.82, 2.24) is 10.2 Å². The number of imide groups is 1. The van der Waals surface area contributed by atoms with Crippen LogP contribution in [0.2, 0.25) is 0 Å². The summed E-state index contributed by atoms with van der Waals surface area (Å²) in [6.07, 6.45) is 1.18. The molecule has 8 heteroatoms. The molecule has 4 amide bonds. The lowest BCUT2D eigenvalue weighted by molar-refractivity contribution is -0.134. The van der Waals surface area contributed by atoms with E-state index in [2.05, 4.69) is 10.6 Å². The van der Waals surface area contributed by atoms with Crippen LogP contribution in [0.15, 0.2) is 35.7 Å². The van der Waals surface area contributed by atoms with E-state index in [1.807, 2.05) is 30.3 Å². The standard InChI is InChI=1S/C18H14N4O3S/c19-9-12-6-8-26-15(12)20-14(23)10-22-16(24)18(21-17(22)25)7-5-11-3-1-2-4-13(11)18/h1-4,6,8H,5,7,10H2,(H,20,23)(H,21,25)/t18-/m1/s1. The molecule has 0 saturated carbocycles. The molecule has 2 N–H and O–H groups in total. The Balaban J connectivity index is 1.54. The molecule has 130 valence electrons. The van der Waals surface area contributed by atoms with Gasteiger partial charge in [0, 0.05) is 0 Å². The van der Waals surface area contributed by atoms with Gasteiger partial charge >= 0.3 is 6.03 Å². The Morgan fingerprint density at radius 2 is 2.15 bits per heavy atom. The van der Waals surface area contributed by atoms with Crippen molar-refractivity contribution in [2.24, 2.45) is 0 Å². The number of thiophene rings is 1. The fraction of sp³-hybridized carbons (Fsp3) is 0.222. The largest absolute Gasteiger partial charge is 0.325 e. The zero-order valence-corrected chi connectivity index (χ0v) is 14.4. The first-order chi connectivity index (χ1) is 12.5. The topological polar surface area (TPSA) is 102 Å². The molecule has 26 heavy (non-hydrogen) atoms. The Hall–Kier alpha value is -3.18. The number of nitrogens with one attached hydrogen (secondary N) is 2. The first-order valence-electron chi connectivity index (χ1n) is 8.05. The van der Waals surface area contributed by atoms with E-state index < -0.39 is 29.9 Å². The van der Waals surface area contributed by atoms with Crippen LogP contribution in [-0.2, 0) is 21.5 Å². The number of rotatable bonds is 3. The van der Waals surface area contributed by atoms with Gasteiger partial charge in [0.25, 0.3) is 5.91 Å². The van der Waals surface area contributed by atoms with Crippen LogP contribution < -0.4 is 10.6 Å². The lowest BCUT2D eigenvalue weighted by Gasteiger charge is -2.22. The van der Waals surface area contributed by atoms with Crippen molar-refractivity contribution in [2.75, 3.05) is 11.9 Å². The van der Waals surface area contributed by atoms with Crippen LogP contribution in [0.1, 0.15) is 23.1 Å². The summed E-state index contributed by atoms with van der Waals surface area (Å²) in [4.78, 5) is 38.6. The number of amides is 4. The van der Waals surface area contributed by atoms with Crippen molar-refractivity contribution in [3.8, 4) is 6.07 Å². The molecule has 1 aromatic carbocycles. The van der Waals surface area contributed by atoms with Gasteiger partial charge in [-0.15, -0.1) is 11.3 Å². The summed E-state index contributed by atoms with van der Waals surface area (Å²) in [5, 5.41) is 16.5. The molecule has 0 radical (unpaired) electrons. The van der Waals surface area contributed by atoms with Gasteiger partial charge in [0.15, 0.2) is 0 Å². The predicted molar refractivity (Wildman–Crippen MR) is 94.3 cm³/mol. The molecule has 1 saturated heterocycles. The highest BCUT2D eigenvalue weighted by Gasteiger charge is 2.55. The summed E-state index contributed by atoms with van der Waals surface area (Å²) in [6.45, 7) is -0.392. The van der Waals surface area contributed by atoms with Gasteiger partial charge in [-0.1, -0.05) is 24.3 Å². The molecule has 0 unspecified atom stereocenters. The summed E-state index contributed by atoms with van der Waals surface area (Å²) in [5.74, 6) is -0.926. The van der Waals surface area contributed by atoms with E-state index in [-0.39, 0.29) is 0 Å². The number of aryl methyl sites for hydroxylation is 1. The smallest absolute Gasteiger partial charge is 0.319 e. The maximum absolute atomic E-state index is 13.0. The first kappa shape index (κ1) is 16.3. The molecular weight excluding hydrogens is 352 g/mol. The highest BCUT2D eigenvalue weighted by Crippen LogP contribution is 2.41. The van der Waals surface area contributed by atoms with E-state index in [4.69, 9.17) is 5.26 Å².